The van der Waals surface area contributed by atoms with Gasteiger partial charge in [-0.1, -0.05) is 28.1 Å². The largest absolute Gasteiger partial charge is 0.382 e. The Hall–Kier alpha value is -1.93. The van der Waals surface area contributed by atoms with Crippen molar-refractivity contribution in [3.05, 3.63) is 62.6 Å². The second kappa shape index (κ2) is 6.18. The Labute approximate surface area is 148 Å². The Morgan fingerprint density at radius 2 is 1.88 bits per heavy atom. The first-order valence-corrected chi connectivity index (χ1v) is 9.94. The summed E-state index contributed by atoms with van der Waals surface area (Å²) in [5.74, 6) is 0.356. The normalized spacial score (nSPS) is 19.8. The summed E-state index contributed by atoms with van der Waals surface area (Å²) in [6.45, 7) is 0. The van der Waals surface area contributed by atoms with E-state index >= 15 is 0 Å². The molecule has 0 heterocycles. The minimum absolute atomic E-state index is 0.194. The van der Waals surface area contributed by atoms with Gasteiger partial charge < -0.3 is 5.32 Å². The molecule has 2 aromatic rings. The van der Waals surface area contributed by atoms with Gasteiger partial charge in [0.25, 0.3) is 5.69 Å². The van der Waals surface area contributed by atoms with Crippen molar-refractivity contribution in [2.45, 2.75) is 23.3 Å². The van der Waals surface area contributed by atoms with Gasteiger partial charge in [-0.3, -0.25) is 10.1 Å². The van der Waals surface area contributed by atoms with Gasteiger partial charge in [-0.2, -0.15) is 0 Å². The number of hydrogen-bond donors (Lipinski definition) is 1. The second-order valence-corrected chi connectivity index (χ2v) is 8.76. The number of nitro groups is 1. The predicted molar refractivity (Wildman–Crippen MR) is 95.1 cm³/mol. The molecule has 0 spiro atoms. The van der Waals surface area contributed by atoms with Crippen molar-refractivity contribution in [1.82, 2.24) is 0 Å². The summed E-state index contributed by atoms with van der Waals surface area (Å²) < 4.78 is 24.6. The quantitative estimate of drug-likeness (QED) is 0.598. The molecular formula is C16H15BrN2O4S. The smallest absolute Gasteiger partial charge is 0.288 e. The second-order valence-electron chi connectivity index (χ2n) is 5.86. The molecule has 2 atom stereocenters. The maximum atomic E-state index is 11.8. The fourth-order valence-corrected chi connectivity index (χ4v) is 3.83. The molecule has 2 aromatic carbocycles. The van der Waals surface area contributed by atoms with Crippen LogP contribution < -0.4 is 5.32 Å². The molecule has 0 saturated heterocycles. The van der Waals surface area contributed by atoms with Crippen molar-refractivity contribution in [3.8, 4) is 0 Å². The van der Waals surface area contributed by atoms with Gasteiger partial charge in [0.15, 0.2) is 9.84 Å². The first-order valence-electron chi connectivity index (χ1n) is 7.26. The first-order chi connectivity index (χ1) is 11.3. The number of nitrogens with zero attached hydrogens (tertiary/aromatic N) is 1. The van der Waals surface area contributed by atoms with E-state index in [1.54, 1.807) is 6.07 Å². The molecule has 0 aliphatic heterocycles. The molecule has 8 heteroatoms. The minimum Gasteiger partial charge on any atom is -0.382 e. The fraction of sp³-hybridized carbons (Fsp3) is 0.250. The van der Waals surface area contributed by atoms with Crippen molar-refractivity contribution in [1.29, 1.82) is 0 Å². The Balaban J connectivity index is 1.80. The molecular weight excluding hydrogens is 396 g/mol. The van der Waals surface area contributed by atoms with Gasteiger partial charge in [0.05, 0.1) is 4.92 Å². The Morgan fingerprint density at radius 1 is 1.21 bits per heavy atom. The van der Waals surface area contributed by atoms with Crippen molar-refractivity contribution < 1.29 is 13.3 Å². The molecule has 126 valence electrons. The highest BCUT2D eigenvalue weighted by Gasteiger charge is 2.38. The molecule has 6 nitrogen and oxygen atoms in total. The van der Waals surface area contributed by atoms with E-state index in [0.29, 0.717) is 11.6 Å². The van der Waals surface area contributed by atoms with Gasteiger partial charge in [0.2, 0.25) is 0 Å². The van der Waals surface area contributed by atoms with Crippen LogP contribution in [-0.4, -0.2) is 25.6 Å². The van der Waals surface area contributed by atoms with Crippen LogP contribution in [0.25, 0.3) is 0 Å². The Morgan fingerprint density at radius 3 is 2.46 bits per heavy atom. The van der Waals surface area contributed by atoms with Crippen LogP contribution in [-0.2, 0) is 9.84 Å². The molecule has 1 aliphatic rings. The molecule has 0 aromatic heterocycles. The van der Waals surface area contributed by atoms with E-state index in [1.165, 1.54) is 17.7 Å². The van der Waals surface area contributed by atoms with E-state index in [1.807, 2.05) is 24.3 Å². The van der Waals surface area contributed by atoms with Gasteiger partial charge >= 0.3 is 0 Å². The molecule has 0 radical (unpaired) electrons. The fourth-order valence-electron chi connectivity index (χ4n) is 2.70. The van der Waals surface area contributed by atoms with Crippen LogP contribution in [0.15, 0.2) is 51.8 Å². The number of hydrogen-bond acceptors (Lipinski definition) is 5. The monoisotopic (exact) mass is 410 g/mol. The molecule has 1 N–H and O–H groups in total. The Kier molecular flexibility index (Phi) is 4.35. The van der Waals surface area contributed by atoms with E-state index in [0.717, 1.165) is 17.1 Å². The van der Waals surface area contributed by atoms with Crippen LogP contribution in [0, 0.1) is 10.1 Å². The lowest BCUT2D eigenvalue weighted by molar-refractivity contribution is -0.387. The zero-order chi connectivity index (χ0) is 17.5. The molecule has 1 saturated carbocycles. The van der Waals surface area contributed by atoms with Crippen molar-refractivity contribution in [2.24, 2.45) is 0 Å². The number of anilines is 1. The Bertz CT molecular complexity index is 897. The van der Waals surface area contributed by atoms with Crippen LogP contribution in [0.4, 0.5) is 11.4 Å². The third-order valence-electron chi connectivity index (χ3n) is 4.00. The highest BCUT2D eigenvalue weighted by atomic mass is 79.9. The summed E-state index contributed by atoms with van der Waals surface area (Å²) in [5.41, 5.74) is 1.38. The average Bonchev–Trinajstić information content (AvgIpc) is 3.26. The average molecular weight is 411 g/mol. The summed E-state index contributed by atoms with van der Waals surface area (Å²) in [5, 5.41) is 14.3. The number of nitro benzene ring substituents is 1. The summed E-state index contributed by atoms with van der Waals surface area (Å²) in [4.78, 5) is 10.1. The summed E-state index contributed by atoms with van der Waals surface area (Å²) in [6.07, 6.45) is 1.91. The lowest BCUT2D eigenvalue weighted by Crippen LogP contribution is -2.07. The van der Waals surface area contributed by atoms with Crippen LogP contribution >= 0.6 is 15.9 Å². The van der Waals surface area contributed by atoms with E-state index in [-0.39, 0.29) is 10.9 Å². The van der Waals surface area contributed by atoms with Gasteiger partial charge in [-0.15, -0.1) is 0 Å². The van der Waals surface area contributed by atoms with E-state index in [4.69, 9.17) is 0 Å². The van der Waals surface area contributed by atoms with Crippen LogP contribution in [0.1, 0.15) is 17.9 Å². The third-order valence-corrected chi connectivity index (χ3v) is 5.65. The minimum atomic E-state index is -3.67. The summed E-state index contributed by atoms with van der Waals surface area (Å²) in [6, 6.07) is 12.4. The molecule has 2 unspecified atom stereocenters. The number of halogens is 1. The predicted octanol–water partition coefficient (Wildman–Crippen LogP) is 3.73. The summed E-state index contributed by atoms with van der Waals surface area (Å²) in [7, 11) is -3.67. The molecule has 0 amide bonds. The number of nitrogens with one attached hydrogen (secondary N) is 1. The van der Waals surface area contributed by atoms with E-state index in [2.05, 4.69) is 21.2 Å². The molecule has 1 fully saturated rings. The molecule has 1 aliphatic carbocycles. The standard InChI is InChI=1S/C16H15BrN2O4S/c1-24(22,23)16-8-12(6-7-15(16)19(20)21)18-14-9-13(14)10-2-4-11(17)5-3-10/h2-8,13-14,18H,9H2,1H3. The van der Waals surface area contributed by atoms with Gasteiger partial charge in [-0.25, -0.2) is 8.42 Å². The van der Waals surface area contributed by atoms with Gasteiger partial charge in [0.1, 0.15) is 4.90 Å². The van der Waals surface area contributed by atoms with Crippen molar-refractivity contribution in [3.63, 3.8) is 0 Å². The SMILES string of the molecule is CS(=O)(=O)c1cc(NC2CC2c2ccc(Br)cc2)ccc1[N+](=O)[O-]. The summed E-state index contributed by atoms with van der Waals surface area (Å²) >= 11 is 3.40. The maximum absolute atomic E-state index is 11.8. The van der Waals surface area contributed by atoms with E-state index < -0.39 is 20.4 Å². The number of rotatable bonds is 5. The lowest BCUT2D eigenvalue weighted by atomic mass is 10.1. The molecule has 24 heavy (non-hydrogen) atoms. The zero-order valence-corrected chi connectivity index (χ0v) is 15.2. The third kappa shape index (κ3) is 3.59. The van der Waals surface area contributed by atoms with Crippen LogP contribution in [0.5, 0.6) is 0 Å². The van der Waals surface area contributed by atoms with Crippen molar-refractivity contribution >= 4 is 37.1 Å². The van der Waals surface area contributed by atoms with Gasteiger partial charge in [-0.05, 0) is 36.2 Å². The maximum Gasteiger partial charge on any atom is 0.288 e. The van der Waals surface area contributed by atoms with Gasteiger partial charge in [0, 0.05) is 34.4 Å². The topological polar surface area (TPSA) is 89.3 Å². The van der Waals surface area contributed by atoms with Crippen molar-refractivity contribution in [2.75, 3.05) is 11.6 Å². The highest BCUT2D eigenvalue weighted by Crippen LogP contribution is 2.43. The van der Waals surface area contributed by atoms with Crippen LogP contribution in [0.2, 0.25) is 0 Å². The lowest BCUT2D eigenvalue weighted by Gasteiger charge is -2.08. The number of sulfone groups is 1. The highest BCUT2D eigenvalue weighted by molar-refractivity contribution is 9.10. The van der Waals surface area contributed by atoms with E-state index in [9.17, 15) is 18.5 Å². The number of benzene rings is 2. The first kappa shape index (κ1) is 16.9. The molecule has 0 bridgehead atoms. The molecule has 3 rings (SSSR count). The zero-order valence-electron chi connectivity index (χ0n) is 12.8. The van der Waals surface area contributed by atoms with Crippen LogP contribution in [0.3, 0.4) is 0 Å².